The van der Waals surface area contributed by atoms with Gasteiger partial charge in [-0.15, -0.1) is 0 Å². The second-order valence-electron chi connectivity index (χ2n) is 15.4. The van der Waals surface area contributed by atoms with Gasteiger partial charge in [-0.3, -0.25) is 14.6 Å². The van der Waals surface area contributed by atoms with Gasteiger partial charge in [0.05, 0.1) is 42.4 Å². The highest BCUT2D eigenvalue weighted by Crippen LogP contribution is 2.35. The summed E-state index contributed by atoms with van der Waals surface area (Å²) >= 11 is 0. The number of aliphatic imine (C=N–C) groups is 1. The number of guanidine groups is 1. The summed E-state index contributed by atoms with van der Waals surface area (Å²) in [7, 11) is 2.01. The maximum Gasteiger partial charge on any atom is 0.246 e. The first-order chi connectivity index (χ1) is 25.1. The van der Waals surface area contributed by atoms with Crippen LogP contribution >= 0.6 is 0 Å². The fraction of sp³-hybridized carbons (Fsp3) is 0.488. The van der Waals surface area contributed by atoms with Gasteiger partial charge in [-0.1, -0.05) is 83.1 Å². The van der Waals surface area contributed by atoms with Crippen molar-refractivity contribution in [3.8, 4) is 33.6 Å². The molecule has 4 atom stereocenters. The van der Waals surface area contributed by atoms with Crippen LogP contribution in [0.1, 0.15) is 84.0 Å². The number of imidazole rings is 2. The molecule has 7 rings (SSSR count). The van der Waals surface area contributed by atoms with Gasteiger partial charge in [0.15, 0.2) is 5.96 Å². The molecule has 11 nitrogen and oxygen atoms in total. The molecule has 274 valence electrons. The van der Waals surface area contributed by atoms with Crippen LogP contribution in [0.4, 0.5) is 0 Å². The number of likely N-dealkylation sites (tertiary alicyclic amines) is 2. The second kappa shape index (κ2) is 15.0. The lowest BCUT2D eigenvalue weighted by Crippen LogP contribution is -2.53. The van der Waals surface area contributed by atoms with Crippen molar-refractivity contribution in [3.63, 3.8) is 0 Å². The van der Waals surface area contributed by atoms with E-state index in [0.29, 0.717) is 5.92 Å². The third-order valence-corrected chi connectivity index (χ3v) is 11.3. The number of carbonyl (C=O) groups excluding carboxylic acids is 2. The first-order valence-corrected chi connectivity index (χ1v) is 19.0. The number of amides is 2. The van der Waals surface area contributed by atoms with Crippen molar-refractivity contribution in [2.75, 3.05) is 33.2 Å². The Morgan fingerprint density at radius 1 is 0.692 bits per heavy atom. The molecule has 2 aromatic carbocycles. The van der Waals surface area contributed by atoms with Crippen molar-refractivity contribution in [1.82, 2.24) is 40.0 Å². The first kappa shape index (κ1) is 35.5. The van der Waals surface area contributed by atoms with E-state index in [4.69, 9.17) is 9.97 Å². The smallest absolute Gasteiger partial charge is 0.246 e. The topological polar surface area (TPSA) is 126 Å². The minimum atomic E-state index is -0.342. The zero-order valence-corrected chi connectivity index (χ0v) is 31.4. The van der Waals surface area contributed by atoms with Crippen LogP contribution in [0.3, 0.4) is 0 Å². The average molecular weight is 704 g/mol. The number of hydrogen-bond donors (Lipinski definition) is 3. The molecule has 0 radical (unpaired) electrons. The van der Waals surface area contributed by atoms with E-state index in [1.807, 2.05) is 36.2 Å². The molecule has 11 heteroatoms. The quantitative estimate of drug-likeness (QED) is 0.170. The summed E-state index contributed by atoms with van der Waals surface area (Å²) in [5.41, 5.74) is 6.25. The van der Waals surface area contributed by atoms with Crippen LogP contribution in [0, 0.1) is 17.8 Å². The van der Waals surface area contributed by atoms with Gasteiger partial charge in [-0.2, -0.15) is 0 Å². The Balaban J connectivity index is 1.00. The summed E-state index contributed by atoms with van der Waals surface area (Å²) < 4.78 is 0. The number of nitrogens with one attached hydrogen (secondary N) is 3. The molecular weight excluding hydrogens is 651 g/mol. The summed E-state index contributed by atoms with van der Waals surface area (Å²) in [5, 5.41) is 3.43. The average Bonchev–Trinajstić information content (AvgIpc) is 4.00. The number of hydrogen-bond acceptors (Lipinski definition) is 7. The molecule has 2 aromatic heterocycles. The van der Waals surface area contributed by atoms with E-state index in [0.717, 1.165) is 103 Å². The monoisotopic (exact) mass is 703 g/mol. The lowest BCUT2D eigenvalue weighted by atomic mass is 9.96. The fourth-order valence-electron chi connectivity index (χ4n) is 7.69. The summed E-state index contributed by atoms with van der Waals surface area (Å²) in [4.78, 5) is 54.2. The molecule has 4 aromatic rings. The lowest BCUT2D eigenvalue weighted by molar-refractivity contribution is -0.137. The number of likely N-dealkylation sites (N-methyl/N-ethyl adjacent to an activating group) is 1. The number of rotatable bonds is 10. The van der Waals surface area contributed by atoms with E-state index in [1.54, 1.807) is 0 Å². The number of nitrogens with zero attached hydrogens (tertiary/aromatic N) is 6. The molecule has 3 N–H and O–H groups in total. The zero-order chi connectivity index (χ0) is 36.5. The molecule has 52 heavy (non-hydrogen) atoms. The third kappa shape index (κ3) is 7.10. The van der Waals surface area contributed by atoms with Crippen molar-refractivity contribution in [3.05, 3.63) is 72.6 Å². The van der Waals surface area contributed by atoms with Crippen molar-refractivity contribution < 1.29 is 9.59 Å². The minimum Gasteiger partial charge on any atom is -0.344 e. The van der Waals surface area contributed by atoms with Crippen molar-refractivity contribution in [1.29, 1.82) is 0 Å². The van der Waals surface area contributed by atoms with Gasteiger partial charge in [0, 0.05) is 32.6 Å². The Kier molecular flexibility index (Phi) is 10.2. The molecule has 2 saturated heterocycles. The van der Waals surface area contributed by atoms with E-state index in [-0.39, 0.29) is 41.8 Å². The Hall–Kier alpha value is -4.93. The molecule has 0 aliphatic carbocycles. The van der Waals surface area contributed by atoms with Crippen LogP contribution in [0.15, 0.2) is 65.9 Å². The summed E-state index contributed by atoms with van der Waals surface area (Å²) in [5.74, 6) is 3.25. The van der Waals surface area contributed by atoms with Crippen LogP contribution in [-0.4, -0.2) is 91.7 Å². The third-order valence-electron chi connectivity index (χ3n) is 11.3. The van der Waals surface area contributed by atoms with Crippen LogP contribution in [0.2, 0.25) is 0 Å². The maximum atomic E-state index is 13.9. The highest BCUT2D eigenvalue weighted by atomic mass is 16.2. The number of H-pyrrole nitrogens is 2. The Morgan fingerprint density at radius 2 is 1.17 bits per heavy atom. The van der Waals surface area contributed by atoms with Gasteiger partial charge in [0.25, 0.3) is 0 Å². The first-order valence-electron chi connectivity index (χ1n) is 19.0. The SMILES string of the molecule is CC(C)[C@H](C)C(=O)N1CCC[C@H]1c1ncc(-c2ccc(-c3ccc(-c4cnc([C@@H]5CCCN5C(=O)[C@H](NC5=NCCN5C)C(C)C)[nH]4)cc3)cc2)[nH]1. The number of carbonyl (C=O) groups is 2. The fourth-order valence-corrected chi connectivity index (χ4v) is 7.69. The van der Waals surface area contributed by atoms with Crippen LogP contribution in [0.25, 0.3) is 33.6 Å². The van der Waals surface area contributed by atoms with Crippen molar-refractivity contribution >= 4 is 17.8 Å². The molecule has 5 heterocycles. The molecule has 0 bridgehead atoms. The van der Waals surface area contributed by atoms with E-state index in [1.165, 1.54) is 0 Å². The van der Waals surface area contributed by atoms with Crippen LogP contribution < -0.4 is 5.32 Å². The number of benzene rings is 2. The molecule has 2 amide bonds. The number of aromatic amines is 2. The van der Waals surface area contributed by atoms with Crippen molar-refractivity contribution in [2.24, 2.45) is 22.7 Å². The van der Waals surface area contributed by atoms with Gasteiger partial charge in [-0.05, 0) is 59.8 Å². The minimum absolute atomic E-state index is 0.000393. The van der Waals surface area contributed by atoms with Gasteiger partial charge in [-0.25, -0.2) is 9.97 Å². The van der Waals surface area contributed by atoms with Gasteiger partial charge in [0.2, 0.25) is 11.8 Å². The molecule has 2 fully saturated rings. The van der Waals surface area contributed by atoms with E-state index in [2.05, 4.69) is 101 Å². The zero-order valence-electron chi connectivity index (χ0n) is 31.4. The molecular formula is C41H53N9O2. The van der Waals surface area contributed by atoms with E-state index in [9.17, 15) is 9.59 Å². The molecule has 3 aliphatic rings. The van der Waals surface area contributed by atoms with Crippen LogP contribution in [0.5, 0.6) is 0 Å². The second-order valence-corrected chi connectivity index (χ2v) is 15.4. The Morgan fingerprint density at radius 3 is 1.62 bits per heavy atom. The predicted octanol–water partition coefficient (Wildman–Crippen LogP) is 6.67. The van der Waals surface area contributed by atoms with Crippen molar-refractivity contribution in [2.45, 2.75) is 78.4 Å². The highest BCUT2D eigenvalue weighted by Gasteiger charge is 2.38. The highest BCUT2D eigenvalue weighted by molar-refractivity contribution is 5.90. The Labute approximate surface area is 307 Å². The van der Waals surface area contributed by atoms with E-state index >= 15 is 0 Å². The molecule has 0 saturated carbocycles. The lowest BCUT2D eigenvalue weighted by Gasteiger charge is -2.31. The summed E-state index contributed by atoms with van der Waals surface area (Å²) in [6.07, 6.45) is 7.53. The standard InChI is InChI=1S/C41H53N9O2/c1-25(2)27(5)39(51)49-20-7-9-34(49)37-43-23-32(45-37)30-15-11-28(12-16-30)29-13-17-31(18-14-29)33-24-44-38(46-33)35-10-8-21-50(35)40(52)36(26(3)4)47-41-42-19-22-48(41)6/h11-18,23-27,34-36H,7-10,19-22H2,1-6H3,(H,42,47)(H,43,45)(H,44,46)/t27-,34-,35-,36+/m0/s1. The molecule has 0 spiro atoms. The van der Waals surface area contributed by atoms with Gasteiger partial charge < -0.3 is 30.0 Å². The largest absolute Gasteiger partial charge is 0.344 e. The molecule has 3 aliphatic heterocycles. The van der Waals surface area contributed by atoms with Gasteiger partial charge >= 0.3 is 0 Å². The predicted molar refractivity (Wildman–Crippen MR) is 205 cm³/mol. The van der Waals surface area contributed by atoms with Crippen LogP contribution in [-0.2, 0) is 9.59 Å². The maximum absolute atomic E-state index is 13.9. The summed E-state index contributed by atoms with van der Waals surface area (Å²) in [6.45, 7) is 13.5. The summed E-state index contributed by atoms with van der Waals surface area (Å²) in [6, 6.07) is 16.6. The van der Waals surface area contributed by atoms with Gasteiger partial charge in [0.1, 0.15) is 17.7 Å². The normalized spacial score (nSPS) is 20.2. The number of aromatic nitrogens is 4. The van der Waals surface area contributed by atoms with E-state index < -0.39 is 0 Å². The Bertz CT molecular complexity index is 1890. The molecule has 0 unspecified atom stereocenters.